The first-order chi connectivity index (χ1) is 13.1. The Labute approximate surface area is 157 Å². The van der Waals surface area contributed by atoms with Crippen molar-refractivity contribution in [3.63, 3.8) is 0 Å². The molecule has 0 radical (unpaired) electrons. The van der Waals surface area contributed by atoms with Crippen LogP contribution in [0.1, 0.15) is 18.4 Å². The normalized spacial score (nSPS) is 11.7. The summed E-state index contributed by atoms with van der Waals surface area (Å²) >= 11 is 0. The van der Waals surface area contributed by atoms with Crippen molar-refractivity contribution >= 4 is 16.1 Å². The van der Waals surface area contributed by atoms with Gasteiger partial charge in [-0.1, -0.05) is 35.5 Å². The Hall–Kier alpha value is -3.04. The lowest BCUT2D eigenvalue weighted by Crippen LogP contribution is -2.20. The maximum atomic E-state index is 12.0. The summed E-state index contributed by atoms with van der Waals surface area (Å²) in [4.78, 5) is 8.30. The summed E-state index contributed by atoms with van der Waals surface area (Å²) in [6, 6.07) is 12.6. The number of nitrogens with one attached hydrogen (secondary N) is 1. The molecule has 8 nitrogen and oxygen atoms in total. The third-order valence-electron chi connectivity index (χ3n) is 3.42. The molecular formula is C18H18N4O4S. The molecule has 0 saturated carbocycles. The summed E-state index contributed by atoms with van der Waals surface area (Å²) in [6.45, 7) is 2.29. The lowest BCUT2D eigenvalue weighted by Gasteiger charge is -2.01. The highest BCUT2D eigenvalue weighted by Crippen LogP contribution is 2.17. The van der Waals surface area contributed by atoms with E-state index in [4.69, 9.17) is 9.26 Å². The number of benzene rings is 1. The first-order valence-corrected chi connectivity index (χ1v) is 9.75. The number of nitrogens with zero attached hydrogens (tertiary/aromatic N) is 3. The summed E-state index contributed by atoms with van der Waals surface area (Å²) in [7, 11) is -3.63. The molecule has 140 valence electrons. The Bertz CT molecular complexity index is 999. The summed E-state index contributed by atoms with van der Waals surface area (Å²) < 4.78 is 36.8. The number of sulfonamides is 1. The van der Waals surface area contributed by atoms with E-state index in [1.807, 2.05) is 25.1 Å². The predicted molar refractivity (Wildman–Crippen MR) is 99.9 cm³/mol. The maximum Gasteiger partial charge on any atom is 0.242 e. The molecule has 9 heteroatoms. The number of rotatable bonds is 8. The second-order valence-electron chi connectivity index (χ2n) is 5.41. The van der Waals surface area contributed by atoms with E-state index >= 15 is 0 Å². The largest absolute Gasteiger partial charge is 0.478 e. The summed E-state index contributed by atoms with van der Waals surface area (Å²) in [5, 5.41) is 4.93. The molecule has 3 aromatic rings. The molecule has 0 saturated heterocycles. The molecule has 1 N–H and O–H groups in total. The topological polar surface area (TPSA) is 107 Å². The number of aromatic nitrogens is 3. The van der Waals surface area contributed by atoms with Crippen LogP contribution in [0.4, 0.5) is 0 Å². The Morgan fingerprint density at radius 3 is 2.70 bits per heavy atom. The van der Waals surface area contributed by atoms with Crippen LogP contribution in [-0.4, -0.2) is 30.1 Å². The van der Waals surface area contributed by atoms with Gasteiger partial charge in [0.05, 0.1) is 13.2 Å². The predicted octanol–water partition coefficient (Wildman–Crippen LogP) is 2.62. The SMILES string of the molecule is CCOc1ccc(-c2noc(CNS(=O)(=O)/C=C/c3ccccc3)n2)cn1. The van der Waals surface area contributed by atoms with E-state index in [2.05, 4.69) is 19.8 Å². The van der Waals surface area contributed by atoms with Gasteiger partial charge in [0.2, 0.25) is 27.6 Å². The van der Waals surface area contributed by atoms with Gasteiger partial charge in [0.1, 0.15) is 0 Å². The molecule has 1 aromatic carbocycles. The van der Waals surface area contributed by atoms with E-state index in [9.17, 15) is 8.42 Å². The standard InChI is InChI=1S/C18H18N4O4S/c1-2-25-16-9-8-15(12-19-16)18-21-17(26-22-18)13-20-27(23,24)11-10-14-6-4-3-5-7-14/h3-12,20H,2,13H2,1H3/b11-10+. The van der Waals surface area contributed by atoms with Crippen molar-refractivity contribution < 1.29 is 17.7 Å². The average molecular weight is 386 g/mol. The summed E-state index contributed by atoms with van der Waals surface area (Å²) in [5.41, 5.74) is 1.42. The number of pyridine rings is 1. The lowest BCUT2D eigenvalue weighted by molar-refractivity contribution is 0.327. The van der Waals surface area contributed by atoms with Crippen LogP contribution in [-0.2, 0) is 16.6 Å². The molecule has 0 unspecified atom stereocenters. The van der Waals surface area contributed by atoms with Crippen molar-refractivity contribution in [2.24, 2.45) is 0 Å². The molecular weight excluding hydrogens is 368 g/mol. The second-order valence-corrected chi connectivity index (χ2v) is 7.06. The molecule has 0 atom stereocenters. The minimum Gasteiger partial charge on any atom is -0.478 e. The number of ether oxygens (including phenoxy) is 1. The fourth-order valence-corrected chi connectivity index (χ4v) is 2.89. The molecule has 2 aromatic heterocycles. The molecule has 0 aliphatic carbocycles. The van der Waals surface area contributed by atoms with Crippen molar-refractivity contribution in [3.8, 4) is 17.3 Å². The Balaban J connectivity index is 1.61. The van der Waals surface area contributed by atoms with E-state index in [-0.39, 0.29) is 12.4 Å². The van der Waals surface area contributed by atoms with Crippen LogP contribution < -0.4 is 9.46 Å². The third kappa shape index (κ3) is 5.47. The van der Waals surface area contributed by atoms with Crippen molar-refractivity contribution in [2.75, 3.05) is 6.61 Å². The Morgan fingerprint density at radius 1 is 1.19 bits per heavy atom. The molecule has 0 amide bonds. The van der Waals surface area contributed by atoms with Gasteiger partial charge in [0.25, 0.3) is 0 Å². The van der Waals surface area contributed by atoms with Crippen LogP contribution in [0.15, 0.2) is 58.6 Å². The van der Waals surface area contributed by atoms with Crippen LogP contribution in [0, 0.1) is 0 Å². The monoisotopic (exact) mass is 386 g/mol. The van der Waals surface area contributed by atoms with Crippen LogP contribution in [0.3, 0.4) is 0 Å². The first kappa shape index (κ1) is 18.7. The van der Waals surface area contributed by atoms with Crippen molar-refractivity contribution in [3.05, 3.63) is 65.5 Å². The third-order valence-corrected chi connectivity index (χ3v) is 4.46. The fraction of sp³-hybridized carbons (Fsp3) is 0.167. The van der Waals surface area contributed by atoms with Gasteiger partial charge in [0, 0.05) is 23.2 Å². The minimum absolute atomic E-state index is 0.112. The van der Waals surface area contributed by atoms with E-state index < -0.39 is 10.0 Å². The quantitative estimate of drug-likeness (QED) is 0.634. The maximum absolute atomic E-state index is 12.0. The van der Waals surface area contributed by atoms with Gasteiger partial charge >= 0.3 is 0 Å². The van der Waals surface area contributed by atoms with Gasteiger partial charge in [-0.15, -0.1) is 0 Å². The highest BCUT2D eigenvalue weighted by molar-refractivity contribution is 7.92. The zero-order chi connectivity index (χ0) is 19.1. The summed E-state index contributed by atoms with van der Waals surface area (Å²) in [6.07, 6.45) is 3.07. The highest BCUT2D eigenvalue weighted by atomic mass is 32.2. The van der Waals surface area contributed by atoms with Crippen LogP contribution in [0.2, 0.25) is 0 Å². The molecule has 27 heavy (non-hydrogen) atoms. The average Bonchev–Trinajstić information content (AvgIpc) is 3.16. The van der Waals surface area contributed by atoms with E-state index in [1.54, 1.807) is 30.5 Å². The summed E-state index contributed by atoms with van der Waals surface area (Å²) in [5.74, 6) is 0.970. The molecule has 0 spiro atoms. The van der Waals surface area contributed by atoms with Gasteiger partial charge in [-0.25, -0.2) is 18.1 Å². The van der Waals surface area contributed by atoms with Crippen LogP contribution in [0.25, 0.3) is 17.5 Å². The Kier molecular flexibility index (Phi) is 5.94. The lowest BCUT2D eigenvalue weighted by atomic mass is 10.2. The van der Waals surface area contributed by atoms with E-state index in [1.165, 1.54) is 6.08 Å². The smallest absolute Gasteiger partial charge is 0.242 e. The van der Waals surface area contributed by atoms with Crippen LogP contribution in [0.5, 0.6) is 5.88 Å². The van der Waals surface area contributed by atoms with Crippen molar-refractivity contribution in [1.29, 1.82) is 0 Å². The van der Waals surface area contributed by atoms with Gasteiger partial charge in [-0.2, -0.15) is 4.98 Å². The minimum atomic E-state index is -3.63. The van der Waals surface area contributed by atoms with Crippen LogP contribution >= 0.6 is 0 Å². The van der Waals surface area contributed by atoms with E-state index in [0.29, 0.717) is 23.9 Å². The number of hydrogen-bond acceptors (Lipinski definition) is 7. The molecule has 2 heterocycles. The molecule has 3 rings (SSSR count). The molecule has 0 bridgehead atoms. The van der Waals surface area contributed by atoms with Gasteiger partial charge in [-0.05, 0) is 24.6 Å². The fourth-order valence-electron chi connectivity index (χ4n) is 2.13. The molecule has 0 aliphatic heterocycles. The molecule has 0 aliphatic rings. The van der Waals surface area contributed by atoms with Gasteiger partial charge in [0.15, 0.2) is 0 Å². The highest BCUT2D eigenvalue weighted by Gasteiger charge is 2.12. The van der Waals surface area contributed by atoms with Crippen molar-refractivity contribution in [2.45, 2.75) is 13.5 Å². The first-order valence-electron chi connectivity index (χ1n) is 8.20. The second kappa shape index (κ2) is 8.56. The molecule has 0 fully saturated rings. The van der Waals surface area contributed by atoms with Gasteiger partial charge in [-0.3, -0.25) is 0 Å². The zero-order valence-electron chi connectivity index (χ0n) is 14.6. The Morgan fingerprint density at radius 2 is 2.00 bits per heavy atom. The zero-order valence-corrected chi connectivity index (χ0v) is 15.4. The number of hydrogen-bond donors (Lipinski definition) is 1. The van der Waals surface area contributed by atoms with Crippen molar-refractivity contribution in [1.82, 2.24) is 19.8 Å². The van der Waals surface area contributed by atoms with Gasteiger partial charge < -0.3 is 9.26 Å². The van der Waals surface area contributed by atoms with E-state index in [0.717, 1.165) is 11.0 Å².